The fourth-order valence-corrected chi connectivity index (χ4v) is 2.80. The van der Waals surface area contributed by atoms with Crippen LogP contribution >= 0.6 is 11.6 Å². The van der Waals surface area contributed by atoms with Crippen molar-refractivity contribution < 1.29 is 9.90 Å². The molecular formula is C16H23ClN2O2. The highest BCUT2D eigenvalue weighted by molar-refractivity contribution is 6.32. The number of rotatable bonds is 5. The van der Waals surface area contributed by atoms with E-state index in [1.165, 1.54) is 0 Å². The first kappa shape index (κ1) is 16.1. The molecule has 0 bridgehead atoms. The van der Waals surface area contributed by atoms with E-state index in [1.807, 2.05) is 32.0 Å². The number of anilines is 1. The molecule has 2 rings (SSSR count). The first-order chi connectivity index (χ1) is 9.94. The number of aliphatic hydroxyl groups excluding tert-OH is 1. The van der Waals surface area contributed by atoms with Crippen LogP contribution in [-0.4, -0.2) is 30.8 Å². The number of urea groups is 1. The highest BCUT2D eigenvalue weighted by Crippen LogP contribution is 2.33. The fraction of sp³-hybridized carbons (Fsp3) is 0.562. The second-order valence-corrected chi connectivity index (χ2v) is 6.70. The van der Waals surface area contributed by atoms with Crippen molar-refractivity contribution in [3.05, 3.63) is 28.8 Å². The monoisotopic (exact) mass is 310 g/mol. The molecule has 0 saturated heterocycles. The Hall–Kier alpha value is -1.26. The number of nitrogens with one attached hydrogen (secondary N) is 1. The maximum Gasteiger partial charge on any atom is 0.321 e. The second-order valence-electron chi connectivity index (χ2n) is 6.30. The zero-order chi connectivity index (χ0) is 15.5. The lowest BCUT2D eigenvalue weighted by Gasteiger charge is -2.22. The minimum Gasteiger partial charge on any atom is -0.396 e. The zero-order valence-corrected chi connectivity index (χ0v) is 13.4. The molecule has 4 nitrogen and oxygen atoms in total. The van der Waals surface area contributed by atoms with Crippen molar-refractivity contribution in [2.24, 2.45) is 5.41 Å². The molecule has 1 aromatic carbocycles. The van der Waals surface area contributed by atoms with Gasteiger partial charge in [0, 0.05) is 24.7 Å². The van der Waals surface area contributed by atoms with E-state index in [0.717, 1.165) is 35.5 Å². The lowest BCUT2D eigenvalue weighted by molar-refractivity contribution is 0.148. The summed E-state index contributed by atoms with van der Waals surface area (Å²) in [5.74, 6) is 0. The normalized spacial score (nSPS) is 14.2. The van der Waals surface area contributed by atoms with Crippen molar-refractivity contribution in [3.63, 3.8) is 0 Å². The van der Waals surface area contributed by atoms with Crippen LogP contribution in [0.4, 0.5) is 10.5 Å². The molecule has 1 aliphatic heterocycles. The average Bonchev–Trinajstić information content (AvgIpc) is 2.89. The van der Waals surface area contributed by atoms with Crippen LogP contribution in [0, 0.1) is 5.41 Å². The van der Waals surface area contributed by atoms with Gasteiger partial charge in [0.05, 0.1) is 5.69 Å². The largest absolute Gasteiger partial charge is 0.396 e. The molecule has 0 aliphatic carbocycles. The van der Waals surface area contributed by atoms with E-state index in [9.17, 15) is 9.90 Å². The summed E-state index contributed by atoms with van der Waals surface area (Å²) < 4.78 is 0. The SMILES string of the molecule is CC(C)(CO)CCCNC(=O)N1CCc2c(Cl)cccc21. The fourth-order valence-electron chi connectivity index (χ4n) is 2.54. The number of fused-ring (bicyclic) bond motifs is 1. The number of benzene rings is 1. The van der Waals surface area contributed by atoms with Crippen LogP contribution in [0.25, 0.3) is 0 Å². The molecule has 1 heterocycles. The Kier molecular flexibility index (Phi) is 5.12. The second kappa shape index (κ2) is 6.67. The summed E-state index contributed by atoms with van der Waals surface area (Å²) in [6, 6.07) is 5.59. The van der Waals surface area contributed by atoms with E-state index >= 15 is 0 Å². The third-order valence-electron chi connectivity index (χ3n) is 3.95. The summed E-state index contributed by atoms with van der Waals surface area (Å²) in [4.78, 5) is 14.0. The van der Waals surface area contributed by atoms with Gasteiger partial charge in [0.2, 0.25) is 0 Å². The van der Waals surface area contributed by atoms with Gasteiger partial charge in [-0.25, -0.2) is 4.79 Å². The van der Waals surface area contributed by atoms with Gasteiger partial charge in [-0.15, -0.1) is 0 Å². The van der Waals surface area contributed by atoms with Crippen molar-refractivity contribution in [2.75, 3.05) is 24.6 Å². The lowest BCUT2D eigenvalue weighted by atomic mass is 9.89. The number of halogens is 1. The van der Waals surface area contributed by atoms with Gasteiger partial charge < -0.3 is 10.4 Å². The first-order valence-corrected chi connectivity index (χ1v) is 7.76. The Labute approximate surface area is 131 Å². The highest BCUT2D eigenvalue weighted by atomic mass is 35.5. The quantitative estimate of drug-likeness (QED) is 0.821. The third kappa shape index (κ3) is 3.89. The maximum atomic E-state index is 12.2. The van der Waals surface area contributed by atoms with Gasteiger partial charge in [-0.1, -0.05) is 31.5 Å². The lowest BCUT2D eigenvalue weighted by Crippen LogP contribution is -2.39. The van der Waals surface area contributed by atoms with Crippen LogP contribution in [-0.2, 0) is 6.42 Å². The van der Waals surface area contributed by atoms with Gasteiger partial charge in [0.15, 0.2) is 0 Å². The summed E-state index contributed by atoms with van der Waals surface area (Å²) in [6.45, 7) is 5.50. The van der Waals surface area contributed by atoms with E-state index < -0.39 is 0 Å². The predicted octanol–water partition coefficient (Wildman–Crippen LogP) is 3.21. The van der Waals surface area contributed by atoms with Crippen molar-refractivity contribution in [1.29, 1.82) is 0 Å². The molecular weight excluding hydrogens is 288 g/mol. The number of amides is 2. The minimum atomic E-state index is -0.0848. The molecule has 1 aromatic rings. The summed E-state index contributed by atoms with van der Waals surface area (Å²) in [5.41, 5.74) is 1.88. The average molecular weight is 311 g/mol. The van der Waals surface area contributed by atoms with Crippen LogP contribution in [0.2, 0.25) is 5.02 Å². The Morgan fingerprint density at radius 1 is 1.48 bits per heavy atom. The van der Waals surface area contributed by atoms with Crippen molar-refractivity contribution >= 4 is 23.3 Å². The Bertz CT molecular complexity index is 517. The first-order valence-electron chi connectivity index (χ1n) is 7.38. The zero-order valence-electron chi connectivity index (χ0n) is 12.7. The number of carbonyl (C=O) groups excluding carboxylic acids is 1. The molecule has 0 saturated carbocycles. The van der Waals surface area contributed by atoms with Crippen LogP contribution in [0.5, 0.6) is 0 Å². The molecule has 0 radical (unpaired) electrons. The summed E-state index contributed by atoms with van der Waals surface area (Å²) in [6.07, 6.45) is 2.54. The van der Waals surface area contributed by atoms with E-state index in [4.69, 9.17) is 11.6 Å². The summed E-state index contributed by atoms with van der Waals surface area (Å²) in [5, 5.41) is 12.9. The Balaban J connectivity index is 1.85. The van der Waals surface area contributed by atoms with E-state index in [1.54, 1.807) is 4.90 Å². The van der Waals surface area contributed by atoms with Gasteiger partial charge in [0.25, 0.3) is 0 Å². The summed E-state index contributed by atoms with van der Waals surface area (Å²) >= 11 is 6.15. The molecule has 0 atom stereocenters. The van der Waals surface area contributed by atoms with Crippen LogP contribution in [0.1, 0.15) is 32.3 Å². The smallest absolute Gasteiger partial charge is 0.321 e. The van der Waals surface area contributed by atoms with E-state index in [0.29, 0.717) is 13.1 Å². The van der Waals surface area contributed by atoms with Crippen LogP contribution < -0.4 is 10.2 Å². The topological polar surface area (TPSA) is 52.6 Å². The Morgan fingerprint density at radius 3 is 2.95 bits per heavy atom. The standard InChI is InChI=1S/C16H23ClN2O2/c1-16(2,11-20)8-4-9-18-15(21)19-10-7-12-13(17)5-3-6-14(12)19/h3,5-6,20H,4,7-11H2,1-2H3,(H,18,21). The van der Waals surface area contributed by atoms with Crippen molar-refractivity contribution in [2.45, 2.75) is 33.1 Å². The van der Waals surface area contributed by atoms with Crippen molar-refractivity contribution in [3.8, 4) is 0 Å². The molecule has 5 heteroatoms. The molecule has 0 unspecified atom stereocenters. The maximum absolute atomic E-state index is 12.2. The molecule has 116 valence electrons. The molecule has 21 heavy (non-hydrogen) atoms. The number of hydrogen-bond donors (Lipinski definition) is 2. The molecule has 1 aliphatic rings. The number of aliphatic hydroxyl groups is 1. The van der Waals surface area contributed by atoms with Gasteiger partial charge in [-0.05, 0) is 42.4 Å². The third-order valence-corrected chi connectivity index (χ3v) is 4.30. The van der Waals surface area contributed by atoms with E-state index in [-0.39, 0.29) is 18.1 Å². The number of nitrogens with zero attached hydrogens (tertiary/aromatic N) is 1. The predicted molar refractivity (Wildman–Crippen MR) is 86.0 cm³/mol. The molecule has 2 N–H and O–H groups in total. The van der Waals surface area contributed by atoms with Crippen LogP contribution in [0.15, 0.2) is 18.2 Å². The Morgan fingerprint density at radius 2 is 2.24 bits per heavy atom. The highest BCUT2D eigenvalue weighted by Gasteiger charge is 2.25. The van der Waals surface area contributed by atoms with Gasteiger partial charge >= 0.3 is 6.03 Å². The number of hydrogen-bond acceptors (Lipinski definition) is 2. The molecule has 2 amide bonds. The van der Waals surface area contributed by atoms with Crippen molar-refractivity contribution in [1.82, 2.24) is 5.32 Å². The number of carbonyl (C=O) groups is 1. The van der Waals surface area contributed by atoms with Gasteiger partial charge in [-0.2, -0.15) is 0 Å². The van der Waals surface area contributed by atoms with Gasteiger partial charge in [0.1, 0.15) is 0 Å². The minimum absolute atomic E-state index is 0.0715. The summed E-state index contributed by atoms with van der Waals surface area (Å²) in [7, 11) is 0. The van der Waals surface area contributed by atoms with Gasteiger partial charge in [-0.3, -0.25) is 4.90 Å². The molecule has 0 fully saturated rings. The molecule has 0 spiro atoms. The molecule has 0 aromatic heterocycles. The van der Waals surface area contributed by atoms with Crippen LogP contribution in [0.3, 0.4) is 0 Å². The van der Waals surface area contributed by atoms with E-state index in [2.05, 4.69) is 5.32 Å².